The zero-order chi connectivity index (χ0) is 12.9. The summed E-state index contributed by atoms with van der Waals surface area (Å²) >= 11 is 12.1. The lowest BCUT2D eigenvalue weighted by Crippen LogP contribution is -2.31. The van der Waals surface area contributed by atoms with E-state index in [1.165, 1.54) is 6.08 Å². The van der Waals surface area contributed by atoms with Gasteiger partial charge < -0.3 is 4.84 Å². The van der Waals surface area contributed by atoms with Crippen molar-refractivity contribution in [1.82, 2.24) is 0 Å². The molecule has 0 saturated carbocycles. The van der Waals surface area contributed by atoms with E-state index in [9.17, 15) is 8.42 Å². The van der Waals surface area contributed by atoms with Crippen LogP contribution >= 0.6 is 23.2 Å². The molecule has 0 fully saturated rings. The molecule has 1 aromatic rings. The lowest BCUT2D eigenvalue weighted by atomic mass is 10.0. The highest BCUT2D eigenvalue weighted by molar-refractivity contribution is 7.96. The summed E-state index contributed by atoms with van der Waals surface area (Å²) in [6.45, 7) is 0. The summed E-state index contributed by atoms with van der Waals surface area (Å²) in [5.41, 5.74) is 0.682. The SMILES string of the molecule is O=S1(=O)C=C[C@H]2ON=C(c3c(Cl)cccc3Cl)[C@H]21. The molecule has 2 heterocycles. The minimum absolute atomic E-state index is 0.264. The van der Waals surface area contributed by atoms with Crippen LogP contribution < -0.4 is 0 Å². The average molecular weight is 304 g/mol. The molecule has 1 aromatic carbocycles. The van der Waals surface area contributed by atoms with E-state index in [1.54, 1.807) is 18.2 Å². The predicted molar refractivity (Wildman–Crippen MR) is 69.7 cm³/mol. The first-order chi connectivity index (χ1) is 8.50. The van der Waals surface area contributed by atoms with Crippen LogP contribution in [0.4, 0.5) is 0 Å². The minimum atomic E-state index is -3.41. The van der Waals surface area contributed by atoms with E-state index in [0.717, 1.165) is 5.41 Å². The maximum absolute atomic E-state index is 11.9. The fraction of sp³-hybridized carbons (Fsp3) is 0.182. The van der Waals surface area contributed by atoms with Crippen molar-refractivity contribution in [3.8, 4) is 0 Å². The van der Waals surface area contributed by atoms with Gasteiger partial charge in [0.05, 0.1) is 10.0 Å². The molecule has 0 aliphatic carbocycles. The first-order valence-corrected chi connectivity index (χ1v) is 7.47. The Morgan fingerprint density at radius 2 is 1.89 bits per heavy atom. The number of nitrogens with zero attached hydrogens (tertiary/aromatic N) is 1. The Balaban J connectivity index is 2.15. The lowest BCUT2D eigenvalue weighted by molar-refractivity contribution is 0.123. The monoisotopic (exact) mass is 303 g/mol. The summed E-state index contributed by atoms with van der Waals surface area (Å²) in [5, 5.41) is 4.82. The zero-order valence-corrected chi connectivity index (χ0v) is 11.2. The van der Waals surface area contributed by atoms with Crippen LogP contribution in [0.1, 0.15) is 5.56 Å². The van der Waals surface area contributed by atoms with Gasteiger partial charge in [-0.3, -0.25) is 0 Å². The van der Waals surface area contributed by atoms with Gasteiger partial charge in [-0.1, -0.05) is 34.4 Å². The van der Waals surface area contributed by atoms with E-state index in [-0.39, 0.29) is 5.71 Å². The fourth-order valence-electron chi connectivity index (χ4n) is 2.06. The Bertz CT molecular complexity index is 661. The molecule has 0 radical (unpaired) electrons. The van der Waals surface area contributed by atoms with Gasteiger partial charge in [0.25, 0.3) is 0 Å². The Kier molecular flexibility index (Phi) is 2.66. The molecule has 2 atom stereocenters. The lowest BCUT2D eigenvalue weighted by Gasteiger charge is -2.11. The summed E-state index contributed by atoms with van der Waals surface area (Å²) in [6.07, 6.45) is 0.888. The molecule has 4 nitrogen and oxygen atoms in total. The third-order valence-electron chi connectivity index (χ3n) is 2.87. The zero-order valence-electron chi connectivity index (χ0n) is 8.88. The summed E-state index contributed by atoms with van der Waals surface area (Å²) in [6, 6.07) is 4.95. The van der Waals surface area contributed by atoms with Crippen molar-refractivity contribution in [1.29, 1.82) is 0 Å². The third-order valence-corrected chi connectivity index (χ3v) is 5.24. The van der Waals surface area contributed by atoms with Gasteiger partial charge in [0.2, 0.25) is 0 Å². The predicted octanol–water partition coefficient (Wildman–Crippen LogP) is 2.41. The largest absolute Gasteiger partial charge is 0.386 e. The first kappa shape index (κ1) is 12.0. The maximum atomic E-state index is 11.9. The molecule has 0 bridgehead atoms. The van der Waals surface area contributed by atoms with Crippen molar-refractivity contribution >= 4 is 38.8 Å². The van der Waals surface area contributed by atoms with Gasteiger partial charge in [-0.05, 0) is 18.2 Å². The quantitative estimate of drug-likeness (QED) is 0.800. The molecule has 2 aliphatic rings. The highest BCUT2D eigenvalue weighted by atomic mass is 35.5. The van der Waals surface area contributed by atoms with Crippen LogP contribution in [-0.2, 0) is 14.7 Å². The van der Waals surface area contributed by atoms with E-state index >= 15 is 0 Å². The maximum Gasteiger partial charge on any atom is 0.184 e. The van der Waals surface area contributed by atoms with Crippen molar-refractivity contribution in [3.05, 3.63) is 45.3 Å². The van der Waals surface area contributed by atoms with Crippen LogP contribution in [-0.4, -0.2) is 25.5 Å². The van der Waals surface area contributed by atoms with Gasteiger partial charge in [-0.2, -0.15) is 0 Å². The van der Waals surface area contributed by atoms with Crippen molar-refractivity contribution in [2.45, 2.75) is 11.4 Å². The van der Waals surface area contributed by atoms with Gasteiger partial charge in [0.1, 0.15) is 5.71 Å². The average Bonchev–Trinajstić information content (AvgIpc) is 2.82. The number of hydrogen-bond donors (Lipinski definition) is 0. The van der Waals surface area contributed by atoms with Crippen LogP contribution in [0.3, 0.4) is 0 Å². The highest BCUT2D eigenvalue weighted by Gasteiger charge is 2.47. The molecular weight excluding hydrogens is 297 g/mol. The van der Waals surface area contributed by atoms with Crippen LogP contribution in [0.15, 0.2) is 34.8 Å². The number of halogens is 2. The fourth-order valence-corrected chi connectivity index (χ4v) is 4.18. The molecule has 0 N–H and O–H groups in total. The summed E-state index contributed by atoms with van der Waals surface area (Å²) in [4.78, 5) is 5.09. The molecule has 3 rings (SSSR count). The van der Waals surface area contributed by atoms with E-state index in [2.05, 4.69) is 5.16 Å². The standard InChI is InChI=1S/C11H7Cl2NO3S/c12-6-2-1-3-7(13)9(6)10-11-8(17-14-10)4-5-18(11,15)16/h1-5,8,11H/t8-,11+/m1/s1. The third kappa shape index (κ3) is 1.66. The number of fused-ring (bicyclic) bond motifs is 1. The summed E-state index contributed by atoms with van der Waals surface area (Å²) < 4.78 is 23.8. The smallest absolute Gasteiger partial charge is 0.184 e. The second kappa shape index (κ2) is 3.98. The van der Waals surface area contributed by atoms with E-state index in [4.69, 9.17) is 28.0 Å². The molecule has 0 unspecified atom stereocenters. The molecule has 0 aromatic heterocycles. The number of oxime groups is 1. The van der Waals surface area contributed by atoms with Crippen molar-refractivity contribution in [2.24, 2.45) is 5.16 Å². The molecular formula is C11H7Cl2NO3S. The van der Waals surface area contributed by atoms with Gasteiger partial charge in [0, 0.05) is 11.0 Å². The molecule has 18 heavy (non-hydrogen) atoms. The number of rotatable bonds is 1. The van der Waals surface area contributed by atoms with Crippen LogP contribution in [0, 0.1) is 0 Å². The minimum Gasteiger partial charge on any atom is -0.386 e. The van der Waals surface area contributed by atoms with Crippen LogP contribution in [0.5, 0.6) is 0 Å². The molecule has 0 spiro atoms. The molecule has 0 saturated heterocycles. The van der Waals surface area contributed by atoms with Crippen LogP contribution in [0.25, 0.3) is 0 Å². The molecule has 94 valence electrons. The first-order valence-electron chi connectivity index (χ1n) is 5.11. The molecule has 2 aliphatic heterocycles. The van der Waals surface area contributed by atoms with E-state index in [1.807, 2.05) is 0 Å². The second-order valence-corrected chi connectivity index (χ2v) is 6.75. The van der Waals surface area contributed by atoms with Crippen LogP contribution in [0.2, 0.25) is 10.0 Å². The summed E-state index contributed by atoms with van der Waals surface area (Å²) in [7, 11) is -3.41. The molecule has 0 amide bonds. The van der Waals surface area contributed by atoms with Crippen molar-refractivity contribution < 1.29 is 13.3 Å². The number of benzene rings is 1. The Labute approximate surface area is 114 Å². The van der Waals surface area contributed by atoms with E-state index < -0.39 is 21.2 Å². The highest BCUT2D eigenvalue weighted by Crippen LogP contribution is 2.35. The van der Waals surface area contributed by atoms with Gasteiger partial charge >= 0.3 is 0 Å². The Morgan fingerprint density at radius 3 is 2.56 bits per heavy atom. The second-order valence-electron chi connectivity index (χ2n) is 3.98. The number of sulfone groups is 1. The van der Waals surface area contributed by atoms with Gasteiger partial charge in [-0.25, -0.2) is 8.42 Å². The van der Waals surface area contributed by atoms with Crippen molar-refractivity contribution in [3.63, 3.8) is 0 Å². The van der Waals surface area contributed by atoms with E-state index in [0.29, 0.717) is 15.6 Å². The summed E-state index contributed by atoms with van der Waals surface area (Å²) in [5.74, 6) is 0. The van der Waals surface area contributed by atoms with Gasteiger partial charge in [-0.15, -0.1) is 0 Å². The normalized spacial score (nSPS) is 27.8. The van der Waals surface area contributed by atoms with Crippen molar-refractivity contribution in [2.75, 3.05) is 0 Å². The van der Waals surface area contributed by atoms with Gasteiger partial charge in [0.15, 0.2) is 21.2 Å². The topological polar surface area (TPSA) is 55.7 Å². The Morgan fingerprint density at radius 1 is 1.22 bits per heavy atom. The molecule has 7 heteroatoms. The number of hydrogen-bond acceptors (Lipinski definition) is 4. The Hall–Kier alpha value is -1.04.